The van der Waals surface area contributed by atoms with Gasteiger partial charge >= 0.3 is 0 Å². The van der Waals surface area contributed by atoms with Crippen molar-refractivity contribution >= 4 is 28.3 Å². The number of rotatable bonds is 7. The van der Waals surface area contributed by atoms with Gasteiger partial charge in [0.15, 0.2) is 5.13 Å². The maximum atomic E-state index is 12.1. The van der Waals surface area contributed by atoms with Gasteiger partial charge in [-0.15, -0.1) is 11.3 Å². The van der Waals surface area contributed by atoms with Crippen LogP contribution in [-0.2, 0) is 17.8 Å². The average Bonchev–Trinajstić information content (AvgIpc) is 3.29. The number of anilines is 1. The summed E-state index contributed by atoms with van der Waals surface area (Å²) in [4.78, 5) is 32.5. The first-order valence-corrected chi connectivity index (χ1v) is 8.98. The molecule has 0 unspecified atom stereocenters. The zero-order chi connectivity index (χ0) is 19.2. The number of furan rings is 1. The van der Waals surface area contributed by atoms with Gasteiger partial charge in [-0.1, -0.05) is 0 Å². The largest absolute Gasteiger partial charge is 0.481 e. The van der Waals surface area contributed by atoms with E-state index in [0.717, 1.165) is 5.56 Å². The van der Waals surface area contributed by atoms with Crippen LogP contribution in [0.1, 0.15) is 27.4 Å². The number of amides is 2. The number of hydrogen-bond acceptors (Lipinski definition) is 7. The minimum absolute atomic E-state index is 0.124. The van der Waals surface area contributed by atoms with E-state index >= 15 is 0 Å². The molecule has 3 heterocycles. The second-order valence-electron chi connectivity index (χ2n) is 5.65. The van der Waals surface area contributed by atoms with Crippen LogP contribution in [0, 0.1) is 6.92 Å². The van der Waals surface area contributed by atoms with Crippen molar-refractivity contribution in [2.24, 2.45) is 0 Å². The summed E-state index contributed by atoms with van der Waals surface area (Å²) in [7, 11) is 1.54. The van der Waals surface area contributed by atoms with Gasteiger partial charge in [0.25, 0.3) is 5.91 Å². The van der Waals surface area contributed by atoms with Gasteiger partial charge in [0.05, 0.1) is 31.1 Å². The van der Waals surface area contributed by atoms with Crippen molar-refractivity contribution in [3.63, 3.8) is 0 Å². The number of carbonyl (C=O) groups excluding carboxylic acids is 2. The van der Waals surface area contributed by atoms with Crippen LogP contribution in [0.5, 0.6) is 5.88 Å². The van der Waals surface area contributed by atoms with E-state index in [1.807, 2.05) is 0 Å². The Morgan fingerprint density at radius 3 is 2.93 bits per heavy atom. The quantitative estimate of drug-likeness (QED) is 0.646. The number of thiazole rings is 1. The van der Waals surface area contributed by atoms with Crippen molar-refractivity contribution in [3.05, 3.63) is 58.6 Å². The van der Waals surface area contributed by atoms with Crippen molar-refractivity contribution in [1.29, 1.82) is 0 Å². The highest BCUT2D eigenvalue weighted by atomic mass is 32.1. The number of aromatic nitrogens is 2. The molecule has 0 fully saturated rings. The lowest BCUT2D eigenvalue weighted by molar-refractivity contribution is -0.120. The van der Waals surface area contributed by atoms with Crippen LogP contribution in [0.2, 0.25) is 0 Å². The number of methoxy groups -OCH3 is 1. The molecular formula is C18H18N4O4S. The first-order chi connectivity index (χ1) is 13.0. The Hall–Kier alpha value is -3.20. The van der Waals surface area contributed by atoms with Crippen LogP contribution in [0.25, 0.3) is 0 Å². The summed E-state index contributed by atoms with van der Waals surface area (Å²) in [5.74, 6) is 0.573. The number of carbonyl (C=O) groups is 2. The zero-order valence-electron chi connectivity index (χ0n) is 14.8. The number of pyridine rings is 1. The summed E-state index contributed by atoms with van der Waals surface area (Å²) in [5.41, 5.74) is 1.93. The third-order valence-electron chi connectivity index (χ3n) is 3.72. The molecule has 0 spiro atoms. The number of nitrogens with zero attached hydrogens (tertiary/aromatic N) is 2. The fraction of sp³-hybridized carbons (Fsp3) is 0.222. The second-order valence-corrected chi connectivity index (χ2v) is 6.51. The molecule has 3 aromatic rings. The van der Waals surface area contributed by atoms with Gasteiger partial charge in [-0.2, -0.15) is 0 Å². The molecule has 2 amide bonds. The lowest BCUT2D eigenvalue weighted by atomic mass is 10.2. The predicted molar refractivity (Wildman–Crippen MR) is 99.9 cm³/mol. The predicted octanol–water partition coefficient (Wildman–Crippen LogP) is 2.56. The molecule has 3 rings (SSSR count). The number of ether oxygens (including phenoxy) is 1. The molecule has 27 heavy (non-hydrogen) atoms. The summed E-state index contributed by atoms with van der Waals surface area (Å²) in [6, 6.07) is 5.16. The van der Waals surface area contributed by atoms with Crippen LogP contribution in [0.15, 0.2) is 40.5 Å². The Kier molecular flexibility index (Phi) is 5.82. The van der Waals surface area contributed by atoms with E-state index in [4.69, 9.17) is 9.15 Å². The molecule has 8 nitrogen and oxygen atoms in total. The minimum Gasteiger partial charge on any atom is -0.481 e. The summed E-state index contributed by atoms with van der Waals surface area (Å²) in [5, 5.41) is 7.70. The topological polar surface area (TPSA) is 106 Å². The van der Waals surface area contributed by atoms with E-state index in [1.54, 1.807) is 36.7 Å². The molecule has 0 aliphatic rings. The summed E-state index contributed by atoms with van der Waals surface area (Å²) in [6.45, 7) is 2.08. The van der Waals surface area contributed by atoms with E-state index in [1.165, 1.54) is 24.7 Å². The molecule has 0 aliphatic heterocycles. The Labute approximate surface area is 159 Å². The van der Waals surface area contributed by atoms with Gasteiger partial charge in [-0.3, -0.25) is 14.9 Å². The van der Waals surface area contributed by atoms with Crippen molar-refractivity contribution in [3.8, 4) is 5.88 Å². The van der Waals surface area contributed by atoms with Gasteiger partial charge in [0, 0.05) is 24.2 Å². The first-order valence-electron chi connectivity index (χ1n) is 8.10. The summed E-state index contributed by atoms with van der Waals surface area (Å²) < 4.78 is 10.2. The smallest absolute Gasteiger partial charge is 0.260 e. The third kappa shape index (κ3) is 4.91. The molecule has 0 aliphatic carbocycles. The van der Waals surface area contributed by atoms with E-state index < -0.39 is 0 Å². The number of hydrogen-bond donors (Lipinski definition) is 2. The standard InChI is InChI=1S/C18H18N4O4S/c1-11-14(4-6-26-11)17(24)22-18-21-13(10-27-18)8-15(23)20-9-12-3-5-19-16(7-12)25-2/h3-7,10H,8-9H2,1-2H3,(H,20,23)(H,21,22,24). The minimum atomic E-state index is -0.293. The zero-order valence-corrected chi connectivity index (χ0v) is 15.6. The lowest BCUT2D eigenvalue weighted by Gasteiger charge is -2.05. The normalized spacial score (nSPS) is 10.4. The fourth-order valence-electron chi connectivity index (χ4n) is 2.33. The Morgan fingerprint density at radius 2 is 2.19 bits per heavy atom. The van der Waals surface area contributed by atoms with Crippen LogP contribution in [-0.4, -0.2) is 28.9 Å². The molecule has 0 radical (unpaired) electrons. The maximum absolute atomic E-state index is 12.1. The molecular weight excluding hydrogens is 368 g/mol. The lowest BCUT2D eigenvalue weighted by Crippen LogP contribution is -2.24. The fourth-order valence-corrected chi connectivity index (χ4v) is 3.04. The van der Waals surface area contributed by atoms with Crippen LogP contribution in [0.3, 0.4) is 0 Å². The average molecular weight is 386 g/mol. The molecule has 0 aromatic carbocycles. The number of nitrogens with one attached hydrogen (secondary N) is 2. The van der Waals surface area contributed by atoms with E-state index in [-0.39, 0.29) is 18.2 Å². The first kappa shape index (κ1) is 18.6. The molecule has 3 aromatic heterocycles. The van der Waals surface area contributed by atoms with Gasteiger partial charge < -0.3 is 14.5 Å². The van der Waals surface area contributed by atoms with Crippen molar-refractivity contribution in [1.82, 2.24) is 15.3 Å². The van der Waals surface area contributed by atoms with Crippen molar-refractivity contribution < 1.29 is 18.7 Å². The van der Waals surface area contributed by atoms with E-state index in [0.29, 0.717) is 34.6 Å². The molecule has 0 saturated carbocycles. The summed E-state index contributed by atoms with van der Waals surface area (Å²) in [6.07, 6.45) is 3.21. The van der Waals surface area contributed by atoms with Crippen molar-refractivity contribution in [2.75, 3.05) is 12.4 Å². The van der Waals surface area contributed by atoms with E-state index in [9.17, 15) is 9.59 Å². The van der Waals surface area contributed by atoms with Crippen molar-refractivity contribution in [2.45, 2.75) is 19.9 Å². The molecule has 9 heteroatoms. The Morgan fingerprint density at radius 1 is 1.33 bits per heavy atom. The molecule has 0 bridgehead atoms. The second kappa shape index (κ2) is 8.45. The molecule has 0 atom stereocenters. The number of aryl methyl sites for hydroxylation is 1. The molecule has 140 valence electrons. The highest BCUT2D eigenvalue weighted by Gasteiger charge is 2.14. The molecule has 2 N–H and O–H groups in total. The SMILES string of the molecule is COc1cc(CNC(=O)Cc2csc(NC(=O)c3ccoc3C)n2)ccn1. The monoisotopic (exact) mass is 386 g/mol. The third-order valence-corrected chi connectivity index (χ3v) is 4.52. The van der Waals surface area contributed by atoms with Gasteiger partial charge in [-0.25, -0.2) is 9.97 Å². The van der Waals surface area contributed by atoms with Gasteiger partial charge in [0.2, 0.25) is 11.8 Å². The maximum Gasteiger partial charge on any atom is 0.260 e. The van der Waals surface area contributed by atoms with E-state index in [2.05, 4.69) is 20.6 Å². The Balaban J connectivity index is 1.51. The molecule has 0 saturated heterocycles. The van der Waals surface area contributed by atoms with Crippen LogP contribution >= 0.6 is 11.3 Å². The van der Waals surface area contributed by atoms with Crippen LogP contribution < -0.4 is 15.4 Å². The summed E-state index contributed by atoms with van der Waals surface area (Å²) >= 11 is 1.26. The highest BCUT2D eigenvalue weighted by Crippen LogP contribution is 2.18. The Bertz CT molecular complexity index is 950. The van der Waals surface area contributed by atoms with Gasteiger partial charge in [-0.05, 0) is 24.6 Å². The van der Waals surface area contributed by atoms with Crippen LogP contribution in [0.4, 0.5) is 5.13 Å². The van der Waals surface area contributed by atoms with Gasteiger partial charge in [0.1, 0.15) is 5.76 Å². The highest BCUT2D eigenvalue weighted by molar-refractivity contribution is 7.14.